The Kier molecular flexibility index (Phi) is 8.74. The summed E-state index contributed by atoms with van der Waals surface area (Å²) in [5, 5.41) is 6.89. The molecule has 0 aliphatic heterocycles. The molecule has 1 aromatic carbocycles. The van der Waals surface area contributed by atoms with Crippen LogP contribution in [0.2, 0.25) is 5.02 Å². The number of amides is 2. The van der Waals surface area contributed by atoms with Crippen molar-refractivity contribution in [1.29, 1.82) is 0 Å². The second kappa shape index (κ2) is 11.5. The van der Waals surface area contributed by atoms with Gasteiger partial charge in [0.2, 0.25) is 5.91 Å². The average Bonchev–Trinajstić information content (AvgIpc) is 3.25. The zero-order valence-electron chi connectivity index (χ0n) is 19.0. The molecule has 1 aliphatic rings. The molecule has 1 aliphatic carbocycles. The molecule has 1 saturated carbocycles. The molecular weight excluding hydrogens is 464 g/mol. The van der Waals surface area contributed by atoms with Crippen LogP contribution in [0.4, 0.5) is 5.00 Å². The van der Waals surface area contributed by atoms with Crippen LogP contribution < -0.4 is 15.4 Å². The Morgan fingerprint density at radius 2 is 1.79 bits per heavy atom. The van der Waals surface area contributed by atoms with Gasteiger partial charge in [-0.15, -0.1) is 11.3 Å². The molecule has 0 bridgehead atoms. The molecule has 2 amide bonds. The summed E-state index contributed by atoms with van der Waals surface area (Å²) in [5.74, 6) is -0.336. The number of hydrogen-bond acceptors (Lipinski definition) is 6. The Morgan fingerprint density at radius 1 is 1.09 bits per heavy atom. The Labute approximate surface area is 202 Å². The maximum absolute atomic E-state index is 12.9. The zero-order chi connectivity index (χ0) is 24.0. The Morgan fingerprint density at radius 3 is 2.39 bits per heavy atom. The fourth-order valence-corrected chi connectivity index (χ4v) is 5.22. The van der Waals surface area contributed by atoms with Crippen LogP contribution in [0, 0.1) is 11.8 Å². The lowest BCUT2D eigenvalue weighted by atomic mass is 9.81. The van der Waals surface area contributed by atoms with E-state index < -0.39 is 0 Å². The van der Waals surface area contributed by atoms with E-state index in [1.807, 2.05) is 19.1 Å². The number of nitrogens with one attached hydrogen (secondary N) is 2. The largest absolute Gasteiger partial charge is 0.495 e. The van der Waals surface area contributed by atoms with Crippen LogP contribution in [0.5, 0.6) is 5.75 Å². The van der Waals surface area contributed by atoms with E-state index in [1.54, 1.807) is 19.2 Å². The monoisotopic (exact) mass is 492 g/mol. The lowest BCUT2D eigenvalue weighted by Crippen LogP contribution is -2.30. The molecule has 0 spiro atoms. The number of thiophene rings is 1. The maximum Gasteiger partial charge on any atom is 0.308 e. The summed E-state index contributed by atoms with van der Waals surface area (Å²) in [5.41, 5.74) is 1.29. The van der Waals surface area contributed by atoms with Crippen LogP contribution in [0.1, 0.15) is 53.4 Å². The first kappa shape index (κ1) is 25.1. The Bertz CT molecular complexity index is 1010. The molecule has 178 valence electrons. The van der Waals surface area contributed by atoms with Gasteiger partial charge in [-0.25, -0.2) is 0 Å². The minimum Gasteiger partial charge on any atom is -0.495 e. The van der Waals surface area contributed by atoms with Crippen molar-refractivity contribution < 1.29 is 23.9 Å². The van der Waals surface area contributed by atoms with Crippen LogP contribution in [-0.4, -0.2) is 32.0 Å². The van der Waals surface area contributed by atoms with Crippen molar-refractivity contribution in [3.63, 3.8) is 0 Å². The molecule has 1 heterocycles. The summed E-state index contributed by atoms with van der Waals surface area (Å²) in [4.78, 5) is 38.5. The molecule has 0 radical (unpaired) electrons. The number of hydrogen-bond donors (Lipinski definition) is 2. The third kappa shape index (κ3) is 6.26. The Balaban J connectivity index is 1.64. The first-order chi connectivity index (χ1) is 15.9. The number of esters is 1. The summed E-state index contributed by atoms with van der Waals surface area (Å²) in [7, 11) is 2.93. The van der Waals surface area contributed by atoms with Gasteiger partial charge < -0.3 is 20.1 Å². The van der Waals surface area contributed by atoms with Gasteiger partial charge in [-0.1, -0.05) is 24.6 Å². The molecule has 7 nitrogen and oxygen atoms in total. The molecule has 1 aromatic heterocycles. The van der Waals surface area contributed by atoms with Crippen LogP contribution >= 0.6 is 22.9 Å². The normalized spacial score (nSPS) is 17.8. The third-order valence-corrected chi connectivity index (χ3v) is 7.40. The molecule has 0 unspecified atom stereocenters. The minimum absolute atomic E-state index is 0.112. The molecular formula is C24H29ClN2O5S. The molecule has 2 aromatic rings. The molecule has 2 N–H and O–H groups in total. The number of aryl methyl sites for hydroxylation is 1. The predicted octanol–water partition coefficient (Wildman–Crippen LogP) is 4.82. The second-order valence-corrected chi connectivity index (χ2v) is 9.57. The summed E-state index contributed by atoms with van der Waals surface area (Å²) in [6.45, 7) is 2.30. The molecule has 3 rings (SSSR count). The quantitative estimate of drug-likeness (QED) is 0.515. The van der Waals surface area contributed by atoms with Crippen molar-refractivity contribution in [3.05, 3.63) is 45.3 Å². The van der Waals surface area contributed by atoms with E-state index in [4.69, 9.17) is 21.1 Å². The van der Waals surface area contributed by atoms with Gasteiger partial charge in [-0.3, -0.25) is 14.4 Å². The van der Waals surface area contributed by atoms with Crippen LogP contribution in [0.25, 0.3) is 0 Å². The summed E-state index contributed by atoms with van der Waals surface area (Å²) < 4.78 is 9.97. The van der Waals surface area contributed by atoms with Crippen molar-refractivity contribution in [2.75, 3.05) is 19.5 Å². The van der Waals surface area contributed by atoms with Crippen molar-refractivity contribution >= 4 is 45.7 Å². The Hall–Kier alpha value is -2.58. The minimum atomic E-state index is -0.261. The van der Waals surface area contributed by atoms with Crippen molar-refractivity contribution in [1.82, 2.24) is 5.32 Å². The van der Waals surface area contributed by atoms with Crippen molar-refractivity contribution in [2.45, 2.75) is 45.6 Å². The van der Waals surface area contributed by atoms with Gasteiger partial charge in [0.15, 0.2) is 0 Å². The van der Waals surface area contributed by atoms with Crippen LogP contribution in [-0.2, 0) is 27.3 Å². The summed E-state index contributed by atoms with van der Waals surface area (Å²) in [6.07, 6.45) is 3.27. The third-order valence-electron chi connectivity index (χ3n) is 5.91. The fraction of sp³-hybridized carbons (Fsp3) is 0.458. The SMILES string of the molecule is CCc1cc(C(=O)NCc2ccc(OC)c(Cl)c2)c(NC(=O)C2CCC(C(=O)OC)CC2)s1. The summed E-state index contributed by atoms with van der Waals surface area (Å²) >= 11 is 7.58. The highest BCUT2D eigenvalue weighted by Gasteiger charge is 2.31. The lowest BCUT2D eigenvalue weighted by Gasteiger charge is -2.26. The van der Waals surface area contributed by atoms with Gasteiger partial charge in [0.05, 0.1) is 30.7 Å². The van der Waals surface area contributed by atoms with Gasteiger partial charge in [0, 0.05) is 17.3 Å². The number of benzene rings is 1. The second-order valence-electron chi connectivity index (χ2n) is 8.02. The van der Waals surface area contributed by atoms with Gasteiger partial charge in [0.25, 0.3) is 5.91 Å². The number of carbonyl (C=O) groups excluding carboxylic acids is 3. The number of anilines is 1. The zero-order valence-corrected chi connectivity index (χ0v) is 20.6. The molecule has 1 fully saturated rings. The number of carbonyl (C=O) groups is 3. The van der Waals surface area contributed by atoms with Gasteiger partial charge in [-0.2, -0.15) is 0 Å². The standard InChI is InChI=1S/C24H29ClN2O5S/c1-4-17-12-18(22(29)26-13-14-5-10-20(31-2)19(25)11-14)23(33-17)27-21(28)15-6-8-16(9-7-15)24(30)32-3/h5,10-12,15-16H,4,6-9,13H2,1-3H3,(H,26,29)(H,27,28). The van der Waals surface area contributed by atoms with Gasteiger partial charge in [-0.05, 0) is 55.9 Å². The smallest absolute Gasteiger partial charge is 0.308 e. The lowest BCUT2D eigenvalue weighted by molar-refractivity contribution is -0.147. The summed E-state index contributed by atoms with van der Waals surface area (Å²) in [6, 6.07) is 7.16. The number of rotatable bonds is 8. The van der Waals surface area contributed by atoms with E-state index in [9.17, 15) is 14.4 Å². The highest BCUT2D eigenvalue weighted by Crippen LogP contribution is 2.33. The average molecular weight is 493 g/mol. The highest BCUT2D eigenvalue weighted by atomic mass is 35.5. The first-order valence-corrected chi connectivity index (χ1v) is 12.2. The van der Waals surface area contributed by atoms with E-state index in [0.717, 1.165) is 16.9 Å². The maximum atomic E-state index is 12.9. The molecule has 9 heteroatoms. The van der Waals surface area contributed by atoms with E-state index >= 15 is 0 Å². The highest BCUT2D eigenvalue weighted by molar-refractivity contribution is 7.16. The number of methoxy groups -OCH3 is 2. The number of halogens is 1. The van der Waals surface area contributed by atoms with Crippen LogP contribution in [0.3, 0.4) is 0 Å². The molecule has 0 atom stereocenters. The van der Waals surface area contributed by atoms with Gasteiger partial charge in [0.1, 0.15) is 10.8 Å². The number of ether oxygens (including phenoxy) is 2. The predicted molar refractivity (Wildman–Crippen MR) is 129 cm³/mol. The molecule has 0 saturated heterocycles. The van der Waals surface area contributed by atoms with E-state index in [1.165, 1.54) is 18.4 Å². The van der Waals surface area contributed by atoms with Gasteiger partial charge >= 0.3 is 5.97 Å². The molecule has 33 heavy (non-hydrogen) atoms. The van der Waals surface area contributed by atoms with E-state index in [-0.39, 0.29) is 29.6 Å². The topological polar surface area (TPSA) is 93.7 Å². The van der Waals surface area contributed by atoms with E-state index in [2.05, 4.69) is 10.6 Å². The van der Waals surface area contributed by atoms with Crippen LogP contribution in [0.15, 0.2) is 24.3 Å². The van der Waals surface area contributed by atoms with E-state index in [0.29, 0.717) is 53.6 Å². The first-order valence-electron chi connectivity index (χ1n) is 11.0. The van der Waals surface area contributed by atoms with Crippen molar-refractivity contribution in [3.8, 4) is 5.75 Å². The fourth-order valence-electron chi connectivity index (χ4n) is 3.95. The van der Waals surface area contributed by atoms with Crippen molar-refractivity contribution in [2.24, 2.45) is 11.8 Å².